The van der Waals surface area contributed by atoms with Crippen LogP contribution in [0, 0.1) is 5.82 Å². The second kappa shape index (κ2) is 7.40. The molecule has 0 unspecified atom stereocenters. The van der Waals surface area contributed by atoms with E-state index < -0.39 is 5.97 Å². The van der Waals surface area contributed by atoms with Gasteiger partial charge in [0.05, 0.1) is 17.4 Å². The first-order valence-electron chi connectivity index (χ1n) is 10.0. The molecule has 1 aromatic heterocycles. The van der Waals surface area contributed by atoms with Gasteiger partial charge in [-0.3, -0.25) is 0 Å². The van der Waals surface area contributed by atoms with E-state index in [1.54, 1.807) is 23.0 Å². The number of aromatic nitrogens is 2. The molecule has 0 fully saturated rings. The Hall–Kier alpha value is -3.93. The summed E-state index contributed by atoms with van der Waals surface area (Å²) in [5.41, 5.74) is 5.06. The van der Waals surface area contributed by atoms with Gasteiger partial charge in [0.2, 0.25) is 0 Å². The predicted octanol–water partition coefficient (Wildman–Crippen LogP) is 5.35. The van der Waals surface area contributed by atoms with Gasteiger partial charge in [-0.25, -0.2) is 13.9 Å². The predicted molar refractivity (Wildman–Crippen MR) is 116 cm³/mol. The van der Waals surface area contributed by atoms with Crippen LogP contribution in [0.4, 0.5) is 4.39 Å². The Balaban J connectivity index is 1.78. The van der Waals surface area contributed by atoms with Crippen LogP contribution in [0.3, 0.4) is 0 Å². The monoisotopic (exact) mass is 414 g/mol. The molecule has 5 nitrogen and oxygen atoms in total. The van der Waals surface area contributed by atoms with Gasteiger partial charge in [0, 0.05) is 22.1 Å². The molecule has 6 heteroatoms. The molecule has 0 saturated heterocycles. The summed E-state index contributed by atoms with van der Waals surface area (Å²) in [4.78, 5) is 12.1. The first-order valence-corrected chi connectivity index (χ1v) is 10.0. The molecule has 0 amide bonds. The van der Waals surface area contributed by atoms with Crippen molar-refractivity contribution in [2.45, 2.75) is 20.0 Å². The number of benzene rings is 3. The number of halogens is 1. The van der Waals surface area contributed by atoms with Crippen molar-refractivity contribution in [1.29, 1.82) is 0 Å². The molecule has 0 radical (unpaired) electrons. The number of fused-ring (bicyclic) bond motifs is 3. The molecule has 1 aliphatic rings. The summed E-state index contributed by atoms with van der Waals surface area (Å²) in [5, 5.41) is 15.3. The SMILES string of the molecule is CCC(C(=O)O)=C1c2cc3cnn(-c4ccc(F)cc4)c3cc2COc2ccccc21. The lowest BCUT2D eigenvalue weighted by Gasteiger charge is -2.14. The molecule has 1 aliphatic heterocycles. The molecule has 2 heterocycles. The topological polar surface area (TPSA) is 64.3 Å². The molecule has 0 spiro atoms. The van der Waals surface area contributed by atoms with Crippen LogP contribution < -0.4 is 4.74 Å². The van der Waals surface area contributed by atoms with Gasteiger partial charge in [0.15, 0.2) is 0 Å². The quantitative estimate of drug-likeness (QED) is 0.459. The summed E-state index contributed by atoms with van der Waals surface area (Å²) in [6, 6.07) is 17.6. The van der Waals surface area contributed by atoms with Crippen LogP contribution in [-0.4, -0.2) is 20.9 Å². The van der Waals surface area contributed by atoms with Crippen LogP contribution >= 0.6 is 0 Å². The van der Waals surface area contributed by atoms with Gasteiger partial charge >= 0.3 is 5.97 Å². The van der Waals surface area contributed by atoms with E-state index in [-0.39, 0.29) is 5.82 Å². The van der Waals surface area contributed by atoms with Crippen molar-refractivity contribution in [2.75, 3.05) is 0 Å². The van der Waals surface area contributed by atoms with Crippen molar-refractivity contribution in [3.63, 3.8) is 0 Å². The Kier molecular flexibility index (Phi) is 4.55. The van der Waals surface area contributed by atoms with Gasteiger partial charge in [0.25, 0.3) is 0 Å². The number of carboxylic acids is 1. The van der Waals surface area contributed by atoms with Crippen LogP contribution in [0.1, 0.15) is 30.0 Å². The molecule has 3 aromatic carbocycles. The molecule has 154 valence electrons. The van der Waals surface area contributed by atoms with Crippen LogP contribution in [-0.2, 0) is 11.4 Å². The molecule has 0 bridgehead atoms. The zero-order chi connectivity index (χ0) is 21.5. The fourth-order valence-corrected chi connectivity index (χ4v) is 4.12. The molecule has 4 aromatic rings. The smallest absolute Gasteiger partial charge is 0.332 e. The Morgan fingerprint density at radius 3 is 2.65 bits per heavy atom. The number of para-hydroxylation sites is 1. The van der Waals surface area contributed by atoms with Crippen molar-refractivity contribution in [2.24, 2.45) is 0 Å². The van der Waals surface area contributed by atoms with Gasteiger partial charge in [-0.2, -0.15) is 5.10 Å². The molecular formula is C25H19FN2O3. The highest BCUT2D eigenvalue weighted by molar-refractivity contribution is 6.03. The third-order valence-electron chi connectivity index (χ3n) is 5.59. The van der Waals surface area contributed by atoms with Gasteiger partial charge in [-0.05, 0) is 60.0 Å². The number of hydrogen-bond donors (Lipinski definition) is 1. The fraction of sp³-hybridized carbons (Fsp3) is 0.120. The Bertz CT molecular complexity index is 1350. The lowest BCUT2D eigenvalue weighted by molar-refractivity contribution is -0.132. The number of ether oxygens (including phenoxy) is 1. The van der Waals surface area contributed by atoms with Crippen molar-refractivity contribution < 1.29 is 19.0 Å². The lowest BCUT2D eigenvalue weighted by Crippen LogP contribution is -2.05. The third kappa shape index (κ3) is 3.17. The highest BCUT2D eigenvalue weighted by Crippen LogP contribution is 2.41. The van der Waals surface area contributed by atoms with Crippen LogP contribution in [0.5, 0.6) is 5.75 Å². The number of carboxylic acid groups (broad SMARTS) is 1. The minimum atomic E-state index is -0.942. The maximum atomic E-state index is 13.4. The van der Waals surface area contributed by atoms with Gasteiger partial charge in [0.1, 0.15) is 18.2 Å². The number of carbonyl (C=O) groups is 1. The first-order chi connectivity index (χ1) is 15.1. The largest absolute Gasteiger partial charge is 0.488 e. The second-order valence-corrected chi connectivity index (χ2v) is 7.40. The molecule has 5 rings (SSSR count). The Morgan fingerprint density at radius 2 is 1.90 bits per heavy atom. The van der Waals surface area contributed by atoms with Gasteiger partial charge in [-0.15, -0.1) is 0 Å². The maximum absolute atomic E-state index is 13.4. The highest BCUT2D eigenvalue weighted by atomic mass is 19.1. The third-order valence-corrected chi connectivity index (χ3v) is 5.59. The molecule has 0 aliphatic carbocycles. The summed E-state index contributed by atoms with van der Waals surface area (Å²) in [5.74, 6) is -0.594. The summed E-state index contributed by atoms with van der Waals surface area (Å²) in [7, 11) is 0. The second-order valence-electron chi connectivity index (χ2n) is 7.40. The van der Waals surface area contributed by atoms with Crippen LogP contribution in [0.25, 0.3) is 22.2 Å². The molecule has 0 atom stereocenters. The average molecular weight is 414 g/mol. The summed E-state index contributed by atoms with van der Waals surface area (Å²) in [6.07, 6.45) is 2.12. The lowest BCUT2D eigenvalue weighted by atomic mass is 9.88. The zero-order valence-electron chi connectivity index (χ0n) is 16.8. The maximum Gasteiger partial charge on any atom is 0.332 e. The van der Waals surface area contributed by atoms with Crippen molar-refractivity contribution in [3.8, 4) is 11.4 Å². The molecule has 1 N–H and O–H groups in total. The summed E-state index contributed by atoms with van der Waals surface area (Å²) >= 11 is 0. The zero-order valence-corrected chi connectivity index (χ0v) is 16.8. The van der Waals surface area contributed by atoms with Crippen molar-refractivity contribution in [3.05, 3.63) is 94.9 Å². The molecular weight excluding hydrogens is 395 g/mol. The number of nitrogens with zero attached hydrogens (tertiary/aromatic N) is 2. The van der Waals surface area contributed by atoms with Crippen LogP contribution in [0.2, 0.25) is 0 Å². The summed E-state index contributed by atoms with van der Waals surface area (Å²) < 4.78 is 21.2. The number of aliphatic carboxylic acids is 1. The van der Waals surface area contributed by atoms with E-state index in [1.165, 1.54) is 12.1 Å². The van der Waals surface area contributed by atoms with Crippen molar-refractivity contribution in [1.82, 2.24) is 9.78 Å². The standard InChI is InChI=1S/C25H19FN2O3/c1-2-19(25(29)30)24-20-5-3-4-6-23(20)31-14-16-12-22-15(11-21(16)24)13-27-28(22)18-9-7-17(26)8-10-18/h3-13H,2,14H2,1H3,(H,29,30). The highest BCUT2D eigenvalue weighted by Gasteiger charge is 2.25. The molecule has 31 heavy (non-hydrogen) atoms. The van der Waals surface area contributed by atoms with E-state index in [0.29, 0.717) is 29.9 Å². The number of rotatable bonds is 3. The van der Waals surface area contributed by atoms with E-state index in [2.05, 4.69) is 5.10 Å². The number of hydrogen-bond acceptors (Lipinski definition) is 3. The normalized spacial score (nSPS) is 14.4. The van der Waals surface area contributed by atoms with Gasteiger partial charge in [-0.1, -0.05) is 25.1 Å². The van der Waals surface area contributed by atoms with E-state index >= 15 is 0 Å². The van der Waals surface area contributed by atoms with E-state index in [9.17, 15) is 14.3 Å². The van der Waals surface area contributed by atoms with Gasteiger partial charge < -0.3 is 9.84 Å². The van der Waals surface area contributed by atoms with E-state index in [0.717, 1.165) is 33.3 Å². The van der Waals surface area contributed by atoms with E-state index in [4.69, 9.17) is 4.74 Å². The Morgan fingerprint density at radius 1 is 1.13 bits per heavy atom. The fourth-order valence-electron chi connectivity index (χ4n) is 4.12. The minimum absolute atomic E-state index is 0.303. The Labute approximate surface area is 178 Å². The van der Waals surface area contributed by atoms with Crippen molar-refractivity contribution >= 4 is 22.4 Å². The van der Waals surface area contributed by atoms with E-state index in [1.807, 2.05) is 43.3 Å². The first kappa shape index (κ1) is 19.1. The summed E-state index contributed by atoms with van der Waals surface area (Å²) in [6.45, 7) is 2.15. The minimum Gasteiger partial charge on any atom is -0.488 e. The van der Waals surface area contributed by atoms with Crippen LogP contribution in [0.15, 0.2) is 72.4 Å². The molecule has 0 saturated carbocycles. The average Bonchev–Trinajstić information content (AvgIpc) is 3.11.